The van der Waals surface area contributed by atoms with Crippen LogP contribution in [-0.2, 0) is 0 Å². The molecular weight excluding hydrogens is 374 g/mol. The molecule has 0 saturated carbocycles. The summed E-state index contributed by atoms with van der Waals surface area (Å²) in [5, 5.41) is 0. The summed E-state index contributed by atoms with van der Waals surface area (Å²) in [6, 6.07) is 0. The van der Waals surface area contributed by atoms with Crippen LogP contribution in [0.4, 0.5) is 0 Å². The Morgan fingerprint density at radius 2 is 0.550 bits per heavy atom. The van der Waals surface area contributed by atoms with Gasteiger partial charge < -0.3 is 0 Å². The van der Waals surface area contributed by atoms with Gasteiger partial charge in [-0.15, -0.1) is 0 Å². The zero-order chi connectivity index (χ0) is 16.6. The van der Waals surface area contributed by atoms with Crippen LogP contribution in [0.5, 0.6) is 0 Å². The van der Waals surface area contributed by atoms with Gasteiger partial charge in [0.05, 0.1) is 0 Å². The first-order valence-electron chi connectivity index (χ1n) is 7.79. The van der Waals surface area contributed by atoms with Crippen molar-refractivity contribution in [2.24, 2.45) is 21.7 Å². The van der Waals surface area contributed by atoms with Crippen LogP contribution in [0.3, 0.4) is 0 Å². The SMILES string of the molecule is CC(C)(C)C([Se][Se]C(C(C)(C)C)C(C)(C)C)C(C)(C)C. The van der Waals surface area contributed by atoms with Gasteiger partial charge in [-0.25, -0.2) is 0 Å². The molecule has 0 aliphatic carbocycles. The first-order valence-corrected chi connectivity index (χ1v) is 14.1. The second kappa shape index (κ2) is 6.65. The summed E-state index contributed by atoms with van der Waals surface area (Å²) < 4.78 is 0. The van der Waals surface area contributed by atoms with E-state index in [9.17, 15) is 0 Å². The van der Waals surface area contributed by atoms with Crippen molar-refractivity contribution in [1.82, 2.24) is 0 Å². The van der Waals surface area contributed by atoms with Crippen LogP contribution in [0.2, 0.25) is 9.63 Å². The molecule has 0 aromatic rings. The maximum absolute atomic E-state index is 2.43. The molecule has 0 N–H and O–H groups in total. The van der Waals surface area contributed by atoms with Gasteiger partial charge in [-0.3, -0.25) is 0 Å². The molecule has 0 aromatic carbocycles. The third-order valence-electron chi connectivity index (χ3n) is 3.39. The van der Waals surface area contributed by atoms with E-state index in [1.54, 1.807) is 0 Å². The molecule has 0 spiro atoms. The molecule has 0 aliphatic heterocycles. The maximum atomic E-state index is 2.43. The third kappa shape index (κ3) is 6.87. The van der Waals surface area contributed by atoms with E-state index in [0.717, 1.165) is 35.9 Å². The van der Waals surface area contributed by atoms with Crippen molar-refractivity contribution in [3.63, 3.8) is 0 Å². The zero-order valence-electron chi connectivity index (χ0n) is 16.0. The standard InChI is InChI=1S/C18H38Se2/c1-15(2,3)13(16(4,5)6)19-20-14(17(7,8)9)18(10,11)12/h13-14H,1-12H3. The molecule has 0 radical (unpaired) electrons. The normalized spacial score (nSPS) is 15.3. The monoisotopic (exact) mass is 414 g/mol. The molecule has 0 amide bonds. The van der Waals surface area contributed by atoms with Gasteiger partial charge in [-0.2, -0.15) is 0 Å². The van der Waals surface area contributed by atoms with Crippen molar-refractivity contribution in [2.75, 3.05) is 0 Å². The zero-order valence-corrected chi connectivity index (χ0v) is 19.4. The summed E-state index contributed by atoms with van der Waals surface area (Å²) in [5.74, 6) is 0. The van der Waals surface area contributed by atoms with Gasteiger partial charge in [0.25, 0.3) is 0 Å². The quantitative estimate of drug-likeness (QED) is 0.494. The van der Waals surface area contributed by atoms with Crippen LogP contribution < -0.4 is 0 Å². The topological polar surface area (TPSA) is 0 Å². The van der Waals surface area contributed by atoms with Crippen LogP contribution >= 0.6 is 0 Å². The van der Waals surface area contributed by atoms with E-state index in [1.807, 2.05) is 0 Å². The van der Waals surface area contributed by atoms with Crippen LogP contribution in [0.1, 0.15) is 83.1 Å². The molecular formula is C18H38Se2. The van der Waals surface area contributed by atoms with Crippen molar-refractivity contribution in [3.8, 4) is 0 Å². The van der Waals surface area contributed by atoms with Crippen molar-refractivity contribution < 1.29 is 0 Å². The molecule has 0 aromatic heterocycles. The molecule has 0 fully saturated rings. The molecule has 0 aliphatic rings. The summed E-state index contributed by atoms with van der Waals surface area (Å²) in [7, 11) is 0. The molecule has 0 saturated heterocycles. The molecule has 0 bridgehead atoms. The fraction of sp³-hybridized carbons (Fsp3) is 1.00. The van der Waals surface area contributed by atoms with Gasteiger partial charge >= 0.3 is 141 Å². The second-order valence-corrected chi connectivity index (χ2v) is 17.4. The minimum atomic E-state index is 0.431. The van der Waals surface area contributed by atoms with E-state index in [2.05, 4.69) is 83.1 Å². The van der Waals surface area contributed by atoms with Crippen molar-refractivity contribution in [2.45, 2.75) is 92.7 Å². The van der Waals surface area contributed by atoms with E-state index in [1.165, 1.54) is 0 Å². The first-order chi connectivity index (χ1) is 8.47. The number of rotatable bonds is 3. The van der Waals surface area contributed by atoms with E-state index < -0.39 is 0 Å². The Morgan fingerprint density at radius 3 is 0.650 bits per heavy atom. The second-order valence-electron chi connectivity index (χ2n) is 10.4. The van der Waals surface area contributed by atoms with Gasteiger partial charge in [0.1, 0.15) is 0 Å². The molecule has 0 heterocycles. The van der Waals surface area contributed by atoms with Gasteiger partial charge in [-0.1, -0.05) is 0 Å². The minimum absolute atomic E-state index is 0.431. The van der Waals surface area contributed by atoms with Gasteiger partial charge in [0, 0.05) is 0 Å². The third-order valence-corrected chi connectivity index (χ3v) is 15.8. The fourth-order valence-corrected chi connectivity index (χ4v) is 21.2. The predicted octanol–water partition coefficient (Wildman–Crippen LogP) is 6.07. The molecule has 20 heavy (non-hydrogen) atoms. The first kappa shape index (κ1) is 21.0. The summed E-state index contributed by atoms with van der Waals surface area (Å²) in [4.78, 5) is 1.71. The number of hydrogen-bond acceptors (Lipinski definition) is 0. The van der Waals surface area contributed by atoms with Gasteiger partial charge in [0.15, 0.2) is 0 Å². The summed E-state index contributed by atoms with van der Waals surface area (Å²) >= 11 is 1.52. The Morgan fingerprint density at radius 1 is 0.400 bits per heavy atom. The Labute approximate surface area is 140 Å². The van der Waals surface area contributed by atoms with E-state index >= 15 is 0 Å². The van der Waals surface area contributed by atoms with Gasteiger partial charge in [-0.05, 0) is 0 Å². The van der Waals surface area contributed by atoms with Crippen LogP contribution in [-0.4, -0.2) is 26.3 Å². The van der Waals surface area contributed by atoms with E-state index in [4.69, 9.17) is 0 Å². The van der Waals surface area contributed by atoms with Crippen molar-refractivity contribution in [3.05, 3.63) is 0 Å². The van der Waals surface area contributed by atoms with Crippen molar-refractivity contribution >= 4 is 26.3 Å². The Balaban J connectivity index is 5.10. The molecule has 122 valence electrons. The van der Waals surface area contributed by atoms with Crippen LogP contribution in [0.25, 0.3) is 0 Å². The Bertz CT molecular complexity index is 231. The average Bonchev–Trinajstić information content (AvgIpc) is 2.02. The van der Waals surface area contributed by atoms with Gasteiger partial charge in [0.2, 0.25) is 0 Å². The molecule has 0 rings (SSSR count). The molecule has 2 heteroatoms. The Hall–Kier alpha value is 1.04. The summed E-state index contributed by atoms with van der Waals surface area (Å²) in [5.41, 5.74) is 1.72. The van der Waals surface area contributed by atoms with Crippen LogP contribution in [0.15, 0.2) is 0 Å². The molecule has 0 atom stereocenters. The predicted molar refractivity (Wildman–Crippen MR) is 96.8 cm³/mol. The van der Waals surface area contributed by atoms with E-state index in [-0.39, 0.29) is 0 Å². The Kier molecular flexibility index (Phi) is 7.00. The molecule has 0 nitrogen and oxygen atoms in total. The molecule has 0 unspecified atom stereocenters. The number of hydrogen-bond donors (Lipinski definition) is 0. The van der Waals surface area contributed by atoms with E-state index in [0.29, 0.717) is 21.7 Å². The van der Waals surface area contributed by atoms with Crippen molar-refractivity contribution in [1.29, 1.82) is 0 Å². The average molecular weight is 412 g/mol. The van der Waals surface area contributed by atoms with Crippen LogP contribution in [0, 0.1) is 21.7 Å². The summed E-state index contributed by atoms with van der Waals surface area (Å²) in [6.07, 6.45) is 0. The summed E-state index contributed by atoms with van der Waals surface area (Å²) in [6.45, 7) is 29.2. The fourth-order valence-electron chi connectivity index (χ4n) is 3.29.